The van der Waals surface area contributed by atoms with Gasteiger partial charge < -0.3 is 9.64 Å². The first kappa shape index (κ1) is 17.0. The summed E-state index contributed by atoms with van der Waals surface area (Å²) in [5.74, 6) is 0.681. The molecule has 0 N–H and O–H groups in total. The lowest BCUT2D eigenvalue weighted by atomic mass is 9.96. The highest BCUT2D eigenvalue weighted by Gasteiger charge is 2.47. The summed E-state index contributed by atoms with van der Waals surface area (Å²) in [5, 5.41) is 0. The summed E-state index contributed by atoms with van der Waals surface area (Å²) in [6.07, 6.45) is 3.07. The number of amides is 1. The Kier molecular flexibility index (Phi) is 5.04. The van der Waals surface area contributed by atoms with E-state index in [2.05, 4.69) is 4.90 Å². The molecule has 1 aliphatic carbocycles. The molecule has 136 valence electrons. The lowest BCUT2D eigenvalue weighted by Crippen LogP contribution is -2.46. The van der Waals surface area contributed by atoms with E-state index in [0.717, 1.165) is 58.8 Å². The van der Waals surface area contributed by atoms with Crippen molar-refractivity contribution in [1.29, 1.82) is 0 Å². The number of halogens is 1. The van der Waals surface area contributed by atoms with Crippen LogP contribution in [0.2, 0.25) is 0 Å². The van der Waals surface area contributed by atoms with Crippen LogP contribution >= 0.6 is 0 Å². The zero-order valence-electron chi connectivity index (χ0n) is 14.7. The maximum atomic E-state index is 13.9. The maximum Gasteiger partial charge on any atom is 0.226 e. The predicted octanol–water partition coefficient (Wildman–Crippen LogP) is 2.50. The number of rotatable bonds is 4. The minimum Gasteiger partial charge on any atom is -0.379 e. The molecule has 1 aromatic carbocycles. The van der Waals surface area contributed by atoms with Crippen LogP contribution in [0.1, 0.15) is 30.7 Å². The first-order chi connectivity index (χ1) is 12.2. The molecule has 1 amide bonds. The fraction of sp³-hybridized carbons (Fsp3) is 0.650. The van der Waals surface area contributed by atoms with Gasteiger partial charge in [0.05, 0.1) is 13.2 Å². The number of piperidine rings is 1. The number of carbonyl (C=O) groups excluding carboxylic acids is 1. The summed E-state index contributed by atoms with van der Waals surface area (Å²) in [4.78, 5) is 17.4. The number of benzene rings is 1. The molecule has 2 heterocycles. The van der Waals surface area contributed by atoms with Crippen molar-refractivity contribution in [2.75, 3.05) is 45.9 Å². The van der Waals surface area contributed by atoms with Crippen molar-refractivity contribution in [1.82, 2.24) is 9.80 Å². The molecule has 5 heteroatoms. The molecule has 3 fully saturated rings. The van der Waals surface area contributed by atoms with Crippen LogP contribution < -0.4 is 0 Å². The first-order valence-corrected chi connectivity index (χ1v) is 9.55. The first-order valence-electron chi connectivity index (χ1n) is 9.55. The van der Waals surface area contributed by atoms with Gasteiger partial charge >= 0.3 is 0 Å². The van der Waals surface area contributed by atoms with Crippen molar-refractivity contribution < 1.29 is 13.9 Å². The van der Waals surface area contributed by atoms with Crippen LogP contribution in [0.5, 0.6) is 0 Å². The third-order valence-electron chi connectivity index (χ3n) is 5.86. The van der Waals surface area contributed by atoms with Gasteiger partial charge in [-0.15, -0.1) is 0 Å². The quantitative estimate of drug-likeness (QED) is 0.840. The highest BCUT2D eigenvalue weighted by molar-refractivity contribution is 5.83. The Bertz CT molecular complexity index is 617. The molecule has 2 saturated heterocycles. The lowest BCUT2D eigenvalue weighted by molar-refractivity contribution is -0.134. The summed E-state index contributed by atoms with van der Waals surface area (Å²) < 4.78 is 19.4. The summed E-state index contributed by atoms with van der Waals surface area (Å²) in [7, 11) is 0. The van der Waals surface area contributed by atoms with Crippen molar-refractivity contribution in [3.63, 3.8) is 0 Å². The Morgan fingerprint density at radius 3 is 2.80 bits per heavy atom. The topological polar surface area (TPSA) is 32.8 Å². The summed E-state index contributed by atoms with van der Waals surface area (Å²) in [6.45, 7) is 6.43. The van der Waals surface area contributed by atoms with Crippen LogP contribution in [-0.4, -0.2) is 61.6 Å². The monoisotopic (exact) mass is 346 g/mol. The average Bonchev–Trinajstić information content (AvgIpc) is 3.43. The Balaban J connectivity index is 1.32. The van der Waals surface area contributed by atoms with Crippen LogP contribution in [0, 0.1) is 17.7 Å². The normalized spacial score (nSPS) is 30.3. The molecule has 1 saturated carbocycles. The summed E-state index contributed by atoms with van der Waals surface area (Å²) >= 11 is 0. The predicted molar refractivity (Wildman–Crippen MR) is 93.8 cm³/mol. The van der Waals surface area contributed by atoms with Gasteiger partial charge in [0, 0.05) is 38.6 Å². The number of hydrogen-bond acceptors (Lipinski definition) is 3. The van der Waals surface area contributed by atoms with Gasteiger partial charge in [-0.1, -0.05) is 18.2 Å². The largest absolute Gasteiger partial charge is 0.379 e. The van der Waals surface area contributed by atoms with Crippen LogP contribution in [-0.2, 0) is 9.53 Å². The van der Waals surface area contributed by atoms with Crippen LogP contribution in [0.3, 0.4) is 0 Å². The molecule has 3 aliphatic rings. The molecule has 25 heavy (non-hydrogen) atoms. The summed E-state index contributed by atoms with van der Waals surface area (Å²) in [5.41, 5.74) is 0.711. The van der Waals surface area contributed by atoms with E-state index in [4.69, 9.17) is 4.74 Å². The number of morpholine rings is 1. The standard InChI is InChI=1S/C20H27FN2O2/c21-19-6-2-1-5-16(19)17-12-18(17)20(24)23-7-3-4-15(14-23)13-22-8-10-25-11-9-22/h1-2,5-6,15,17-18H,3-4,7-14H2/t15-,17-,18-/m1/s1. The Labute approximate surface area is 148 Å². The third kappa shape index (κ3) is 3.87. The molecule has 0 bridgehead atoms. The number of nitrogens with zero attached hydrogens (tertiary/aromatic N) is 2. The van der Waals surface area contributed by atoms with Gasteiger partial charge in [-0.2, -0.15) is 0 Å². The molecule has 4 nitrogen and oxygen atoms in total. The van der Waals surface area contributed by atoms with Gasteiger partial charge in [0.2, 0.25) is 5.91 Å². The molecule has 0 unspecified atom stereocenters. The molecular weight excluding hydrogens is 319 g/mol. The molecule has 2 aliphatic heterocycles. The molecular formula is C20H27FN2O2. The lowest BCUT2D eigenvalue weighted by Gasteiger charge is -2.37. The highest BCUT2D eigenvalue weighted by atomic mass is 19.1. The highest BCUT2D eigenvalue weighted by Crippen LogP contribution is 2.49. The van der Waals surface area contributed by atoms with Gasteiger partial charge in [-0.25, -0.2) is 4.39 Å². The van der Waals surface area contributed by atoms with E-state index in [0.29, 0.717) is 11.5 Å². The van der Waals surface area contributed by atoms with E-state index in [-0.39, 0.29) is 23.6 Å². The molecule has 4 rings (SSSR count). The molecule has 0 spiro atoms. The van der Waals surface area contributed by atoms with Crippen molar-refractivity contribution in [3.05, 3.63) is 35.6 Å². The van der Waals surface area contributed by atoms with Gasteiger partial charge in [-0.3, -0.25) is 9.69 Å². The molecule has 0 aromatic heterocycles. The fourth-order valence-electron chi connectivity index (χ4n) is 4.39. The second-order valence-electron chi connectivity index (χ2n) is 7.68. The van der Waals surface area contributed by atoms with Gasteiger partial charge in [-0.05, 0) is 42.7 Å². The van der Waals surface area contributed by atoms with E-state index in [1.165, 1.54) is 12.5 Å². The third-order valence-corrected chi connectivity index (χ3v) is 5.86. The SMILES string of the molecule is O=C([C@@H]1C[C@@H]1c1ccccc1F)N1CCC[C@H](CN2CCOCC2)C1. The second-order valence-corrected chi connectivity index (χ2v) is 7.68. The van der Waals surface area contributed by atoms with Gasteiger partial charge in [0.25, 0.3) is 0 Å². The maximum absolute atomic E-state index is 13.9. The molecule has 0 radical (unpaired) electrons. The fourth-order valence-corrected chi connectivity index (χ4v) is 4.39. The van der Waals surface area contributed by atoms with Gasteiger partial charge in [0.1, 0.15) is 5.82 Å². The summed E-state index contributed by atoms with van der Waals surface area (Å²) in [6, 6.07) is 6.88. The van der Waals surface area contributed by atoms with Gasteiger partial charge in [0.15, 0.2) is 0 Å². The Morgan fingerprint density at radius 2 is 2.00 bits per heavy atom. The minimum absolute atomic E-state index is 0.0148. The zero-order valence-corrected chi connectivity index (χ0v) is 14.7. The minimum atomic E-state index is -0.174. The van der Waals surface area contributed by atoms with Crippen molar-refractivity contribution in [2.45, 2.75) is 25.2 Å². The van der Waals surface area contributed by atoms with Crippen LogP contribution in [0.4, 0.5) is 4.39 Å². The van der Waals surface area contributed by atoms with E-state index < -0.39 is 0 Å². The molecule has 1 aromatic rings. The van der Waals surface area contributed by atoms with E-state index in [1.54, 1.807) is 6.07 Å². The molecule has 3 atom stereocenters. The van der Waals surface area contributed by atoms with Crippen molar-refractivity contribution in [3.8, 4) is 0 Å². The smallest absolute Gasteiger partial charge is 0.226 e. The zero-order chi connectivity index (χ0) is 17.2. The van der Waals surface area contributed by atoms with E-state index >= 15 is 0 Å². The van der Waals surface area contributed by atoms with Crippen LogP contribution in [0.25, 0.3) is 0 Å². The van der Waals surface area contributed by atoms with Crippen LogP contribution in [0.15, 0.2) is 24.3 Å². The van der Waals surface area contributed by atoms with E-state index in [1.807, 2.05) is 17.0 Å². The Hall–Kier alpha value is -1.46. The van der Waals surface area contributed by atoms with Crippen molar-refractivity contribution >= 4 is 5.91 Å². The van der Waals surface area contributed by atoms with E-state index in [9.17, 15) is 9.18 Å². The average molecular weight is 346 g/mol. The number of likely N-dealkylation sites (tertiary alicyclic amines) is 1. The van der Waals surface area contributed by atoms with Crippen molar-refractivity contribution in [2.24, 2.45) is 11.8 Å². The number of carbonyl (C=O) groups is 1. The Morgan fingerprint density at radius 1 is 1.20 bits per heavy atom. The number of hydrogen-bond donors (Lipinski definition) is 0. The second kappa shape index (κ2) is 7.42. The number of ether oxygens (including phenoxy) is 1.